The summed E-state index contributed by atoms with van der Waals surface area (Å²) < 4.78 is 4.51. The van der Waals surface area contributed by atoms with E-state index >= 15 is 0 Å². The van der Waals surface area contributed by atoms with Crippen molar-refractivity contribution in [1.29, 1.82) is 0 Å². The minimum atomic E-state index is -0.367. The average molecular weight is 201 g/mol. The third-order valence-electron chi connectivity index (χ3n) is 1.26. The van der Waals surface area contributed by atoms with Gasteiger partial charge < -0.3 is 10.5 Å². The molecule has 0 amide bonds. The van der Waals surface area contributed by atoms with Gasteiger partial charge in [-0.2, -0.15) is 0 Å². The van der Waals surface area contributed by atoms with Gasteiger partial charge in [-0.25, -0.2) is 4.79 Å². The summed E-state index contributed by atoms with van der Waals surface area (Å²) in [7, 11) is 1.33. The van der Waals surface area contributed by atoms with Crippen LogP contribution in [0, 0.1) is 0 Å². The van der Waals surface area contributed by atoms with Crippen molar-refractivity contribution in [2.45, 2.75) is 0 Å². The number of thiocarbonyl (C=S) groups is 1. The highest BCUT2D eigenvalue weighted by molar-refractivity contribution is 7.81. The van der Waals surface area contributed by atoms with Gasteiger partial charge in [0.25, 0.3) is 0 Å². The lowest BCUT2D eigenvalue weighted by molar-refractivity contribution is 0.0601. The molecule has 1 rings (SSSR count). The summed E-state index contributed by atoms with van der Waals surface area (Å²) in [4.78, 5) is 12.0. The van der Waals surface area contributed by atoms with Crippen LogP contribution in [0.2, 0.25) is 0 Å². The molecule has 1 aromatic heterocycles. The molecule has 0 saturated heterocycles. The molecule has 0 spiro atoms. The molecule has 1 heterocycles. The van der Waals surface area contributed by atoms with Gasteiger partial charge in [0.05, 0.1) is 17.6 Å². The Morgan fingerprint density at radius 2 is 2.42 bits per heavy atom. The van der Waals surface area contributed by atoms with E-state index in [1.165, 1.54) is 18.4 Å². The molecule has 0 bridgehead atoms. The average Bonchev–Trinajstić information content (AvgIpc) is 2.51. The number of esters is 1. The molecule has 0 atom stereocenters. The molecule has 0 saturated carbocycles. The van der Waals surface area contributed by atoms with E-state index in [4.69, 9.17) is 18.0 Å². The van der Waals surface area contributed by atoms with Crippen molar-refractivity contribution in [3.05, 3.63) is 21.9 Å². The van der Waals surface area contributed by atoms with Crippen molar-refractivity contribution >= 4 is 34.5 Å². The summed E-state index contributed by atoms with van der Waals surface area (Å²) in [6, 6.07) is 1.62. The maximum Gasteiger partial charge on any atom is 0.338 e. The highest BCUT2D eigenvalue weighted by atomic mass is 32.1. The minimum Gasteiger partial charge on any atom is -0.465 e. The number of thiophene rings is 1. The quantitative estimate of drug-likeness (QED) is 0.576. The molecular weight excluding hydrogens is 194 g/mol. The van der Waals surface area contributed by atoms with Crippen molar-refractivity contribution in [3.63, 3.8) is 0 Å². The van der Waals surface area contributed by atoms with E-state index in [1.807, 2.05) is 0 Å². The van der Waals surface area contributed by atoms with Gasteiger partial charge in [0.2, 0.25) is 0 Å². The minimum absolute atomic E-state index is 0.301. The fourth-order valence-corrected chi connectivity index (χ4v) is 1.62. The number of methoxy groups -OCH3 is 1. The zero-order valence-corrected chi connectivity index (χ0v) is 8.00. The number of carbonyl (C=O) groups is 1. The van der Waals surface area contributed by atoms with E-state index in [0.29, 0.717) is 10.6 Å². The molecule has 12 heavy (non-hydrogen) atoms. The van der Waals surface area contributed by atoms with Gasteiger partial charge in [0.1, 0.15) is 4.99 Å². The topological polar surface area (TPSA) is 52.3 Å². The second-order valence-corrected chi connectivity index (χ2v) is 3.41. The molecule has 5 heteroatoms. The largest absolute Gasteiger partial charge is 0.465 e. The Morgan fingerprint density at radius 1 is 1.75 bits per heavy atom. The Kier molecular flexibility index (Phi) is 2.78. The Bertz CT molecular complexity index is 319. The smallest absolute Gasteiger partial charge is 0.338 e. The Hall–Kier alpha value is -0.940. The molecule has 0 aromatic carbocycles. The number of hydrogen-bond donors (Lipinski definition) is 1. The molecule has 2 N–H and O–H groups in total. The van der Waals surface area contributed by atoms with E-state index in [0.717, 1.165) is 4.88 Å². The lowest BCUT2D eigenvalue weighted by atomic mass is 10.3. The summed E-state index contributed by atoms with van der Waals surface area (Å²) in [6.07, 6.45) is 0. The number of rotatable bonds is 2. The van der Waals surface area contributed by atoms with Crippen LogP contribution in [0.3, 0.4) is 0 Å². The molecule has 0 unspecified atom stereocenters. The first-order valence-corrected chi connectivity index (χ1v) is 4.40. The maximum atomic E-state index is 10.9. The highest BCUT2D eigenvalue weighted by Crippen LogP contribution is 2.14. The first-order valence-electron chi connectivity index (χ1n) is 3.12. The third kappa shape index (κ3) is 1.80. The van der Waals surface area contributed by atoms with E-state index in [2.05, 4.69) is 4.74 Å². The fraction of sp³-hybridized carbons (Fsp3) is 0.143. The van der Waals surface area contributed by atoms with Crippen LogP contribution >= 0.6 is 23.6 Å². The lowest BCUT2D eigenvalue weighted by Crippen LogP contribution is -2.07. The second kappa shape index (κ2) is 3.64. The summed E-state index contributed by atoms with van der Waals surface area (Å²) >= 11 is 6.07. The van der Waals surface area contributed by atoms with Crippen LogP contribution in [-0.4, -0.2) is 18.1 Å². The Labute approximate surface area is 79.1 Å². The number of nitrogens with two attached hydrogens (primary N) is 1. The molecule has 0 radical (unpaired) electrons. The van der Waals surface area contributed by atoms with Crippen molar-refractivity contribution < 1.29 is 9.53 Å². The standard InChI is InChI=1S/C7H7NO2S2/c1-10-7(9)4-2-5(6(8)11)12-3-4/h2-3H,1H3,(H2,8,11). The number of carbonyl (C=O) groups excluding carboxylic acids is 1. The van der Waals surface area contributed by atoms with Crippen LogP contribution in [0.1, 0.15) is 15.2 Å². The van der Waals surface area contributed by atoms with Gasteiger partial charge in [-0.05, 0) is 6.07 Å². The highest BCUT2D eigenvalue weighted by Gasteiger charge is 2.08. The predicted octanol–water partition coefficient (Wildman–Crippen LogP) is 1.17. The summed E-state index contributed by atoms with van der Waals surface area (Å²) in [6.45, 7) is 0. The van der Waals surface area contributed by atoms with E-state index in [-0.39, 0.29) is 5.97 Å². The third-order valence-corrected chi connectivity index (χ3v) is 2.58. The van der Waals surface area contributed by atoms with Crippen molar-refractivity contribution in [2.75, 3.05) is 7.11 Å². The van der Waals surface area contributed by atoms with Gasteiger partial charge in [-0.1, -0.05) is 12.2 Å². The first-order chi connectivity index (χ1) is 5.65. The molecule has 1 aromatic rings. The zero-order valence-electron chi connectivity index (χ0n) is 6.37. The van der Waals surface area contributed by atoms with E-state index < -0.39 is 0 Å². The van der Waals surface area contributed by atoms with Crippen LogP contribution in [-0.2, 0) is 4.74 Å². The van der Waals surface area contributed by atoms with Gasteiger partial charge >= 0.3 is 5.97 Å². The number of hydrogen-bond acceptors (Lipinski definition) is 4. The summed E-state index contributed by atoms with van der Waals surface area (Å²) in [5.74, 6) is -0.367. The Morgan fingerprint density at radius 3 is 2.83 bits per heavy atom. The summed E-state index contributed by atoms with van der Waals surface area (Å²) in [5.41, 5.74) is 5.85. The first kappa shape index (κ1) is 9.15. The predicted molar refractivity (Wildman–Crippen MR) is 51.5 cm³/mol. The van der Waals surface area contributed by atoms with Crippen molar-refractivity contribution in [3.8, 4) is 0 Å². The SMILES string of the molecule is COC(=O)c1csc(C(N)=S)c1. The van der Waals surface area contributed by atoms with Crippen LogP contribution < -0.4 is 5.73 Å². The molecule has 0 fully saturated rings. The van der Waals surface area contributed by atoms with Crippen LogP contribution in [0.15, 0.2) is 11.4 Å². The van der Waals surface area contributed by atoms with Crippen LogP contribution in [0.5, 0.6) is 0 Å². The molecule has 3 nitrogen and oxygen atoms in total. The maximum absolute atomic E-state index is 10.9. The van der Waals surface area contributed by atoms with E-state index in [1.54, 1.807) is 11.4 Å². The molecular formula is C7H7NO2S2. The monoisotopic (exact) mass is 201 g/mol. The normalized spacial score (nSPS) is 9.42. The lowest BCUT2D eigenvalue weighted by Gasteiger charge is -1.91. The van der Waals surface area contributed by atoms with Gasteiger partial charge in [0.15, 0.2) is 0 Å². The van der Waals surface area contributed by atoms with Gasteiger partial charge in [-0.15, -0.1) is 11.3 Å². The molecule has 0 aliphatic carbocycles. The van der Waals surface area contributed by atoms with Crippen LogP contribution in [0.25, 0.3) is 0 Å². The van der Waals surface area contributed by atoms with Crippen LogP contribution in [0.4, 0.5) is 0 Å². The van der Waals surface area contributed by atoms with Gasteiger partial charge in [0, 0.05) is 5.38 Å². The molecule has 0 aliphatic heterocycles. The molecule has 64 valence electrons. The summed E-state index contributed by atoms with van der Waals surface area (Å²) in [5, 5.41) is 1.67. The van der Waals surface area contributed by atoms with E-state index in [9.17, 15) is 4.79 Å². The number of ether oxygens (including phenoxy) is 1. The van der Waals surface area contributed by atoms with Crippen molar-refractivity contribution in [1.82, 2.24) is 0 Å². The zero-order chi connectivity index (χ0) is 9.14. The fourth-order valence-electron chi connectivity index (χ4n) is 0.690. The van der Waals surface area contributed by atoms with Gasteiger partial charge in [-0.3, -0.25) is 0 Å². The Balaban J connectivity index is 2.91. The molecule has 0 aliphatic rings. The van der Waals surface area contributed by atoms with Crippen molar-refractivity contribution in [2.24, 2.45) is 5.73 Å². The second-order valence-electron chi connectivity index (χ2n) is 2.06.